The molecule has 0 bridgehead atoms. The lowest BCUT2D eigenvalue weighted by Gasteiger charge is -2.73. The number of nitrogens with one attached hydrogen (secondary N) is 1. The number of fused-ring (bicyclic) bond motifs is 7. The molecule has 4 heteroatoms. The molecule has 0 spiro atoms. The molecular formula is C33H47N3O. The SMILES string of the molecule is C=C1C[C@@H]2[C@@]3(C)C=C(C#N)C(=O)C(C)(C)[C@@H]3CC[C@@]2(C)[C@]2(C)CC[C@@]3(NCC#N)CCC(C)(C)CC3C12. The Morgan fingerprint density at radius 3 is 2.30 bits per heavy atom. The summed E-state index contributed by atoms with van der Waals surface area (Å²) in [5.74, 6) is 1.53. The molecule has 0 amide bonds. The molecule has 4 saturated carbocycles. The summed E-state index contributed by atoms with van der Waals surface area (Å²) in [5.41, 5.74) is 1.53. The minimum atomic E-state index is -0.523. The molecule has 200 valence electrons. The van der Waals surface area contributed by atoms with E-state index in [4.69, 9.17) is 6.58 Å². The predicted molar refractivity (Wildman–Crippen MR) is 147 cm³/mol. The van der Waals surface area contributed by atoms with Crippen molar-refractivity contribution in [2.24, 2.45) is 50.7 Å². The molecule has 0 aromatic heterocycles. The Kier molecular flexibility index (Phi) is 5.81. The van der Waals surface area contributed by atoms with Gasteiger partial charge >= 0.3 is 0 Å². The van der Waals surface area contributed by atoms with Crippen LogP contribution in [0.2, 0.25) is 0 Å². The van der Waals surface area contributed by atoms with Crippen LogP contribution < -0.4 is 5.32 Å². The average molecular weight is 502 g/mol. The standard InChI is InChI=1S/C33H47N3O/c1-21-17-25-30(6)18-22(20-35)27(37)29(4,5)24(30)9-10-31(25,7)32(8)12-14-33(36-16-15-34)13-11-28(2,3)19-23(33)26(21)32/h18,23-26,36H,1,9-14,16-17,19H2,2-8H3/t23?,24-,25+,26?,30-,31+,32+,33-/m0/s1. The molecule has 8 atom stereocenters. The smallest absolute Gasteiger partial charge is 0.178 e. The first-order chi connectivity index (χ1) is 17.1. The van der Waals surface area contributed by atoms with Gasteiger partial charge in [0.05, 0.1) is 18.2 Å². The largest absolute Gasteiger partial charge is 0.299 e. The number of ketones is 1. The highest BCUT2D eigenvalue weighted by atomic mass is 16.1. The van der Waals surface area contributed by atoms with Crippen LogP contribution >= 0.6 is 0 Å². The van der Waals surface area contributed by atoms with Crippen molar-refractivity contribution in [1.82, 2.24) is 5.32 Å². The monoisotopic (exact) mass is 501 g/mol. The van der Waals surface area contributed by atoms with Gasteiger partial charge in [0.15, 0.2) is 5.78 Å². The van der Waals surface area contributed by atoms with E-state index in [1.807, 2.05) is 0 Å². The first kappa shape index (κ1) is 26.7. The number of hydrogen-bond acceptors (Lipinski definition) is 4. The molecular weight excluding hydrogens is 454 g/mol. The number of hydrogen-bond donors (Lipinski definition) is 1. The van der Waals surface area contributed by atoms with Crippen molar-refractivity contribution in [2.75, 3.05) is 6.54 Å². The first-order valence-corrected chi connectivity index (χ1v) is 14.6. The summed E-state index contributed by atoms with van der Waals surface area (Å²) in [5, 5.41) is 23.2. The van der Waals surface area contributed by atoms with E-state index in [0.717, 1.165) is 38.5 Å². The van der Waals surface area contributed by atoms with Gasteiger partial charge in [-0.05, 0) is 96.7 Å². The molecule has 5 rings (SSSR count). The maximum absolute atomic E-state index is 13.3. The molecule has 0 heterocycles. The van der Waals surface area contributed by atoms with E-state index >= 15 is 0 Å². The van der Waals surface area contributed by atoms with Crippen molar-refractivity contribution in [2.45, 2.75) is 105 Å². The molecule has 0 aliphatic heterocycles. The zero-order chi connectivity index (χ0) is 27.2. The van der Waals surface area contributed by atoms with Gasteiger partial charge in [-0.3, -0.25) is 10.1 Å². The van der Waals surface area contributed by atoms with Gasteiger partial charge in [0.25, 0.3) is 0 Å². The van der Waals surface area contributed by atoms with E-state index in [1.54, 1.807) is 0 Å². The van der Waals surface area contributed by atoms with Crippen LogP contribution in [0.25, 0.3) is 0 Å². The normalized spacial score (nSPS) is 47.8. The molecule has 2 unspecified atom stereocenters. The molecule has 0 aromatic rings. The van der Waals surface area contributed by atoms with E-state index in [-0.39, 0.29) is 33.5 Å². The minimum Gasteiger partial charge on any atom is -0.299 e. The number of nitriles is 2. The summed E-state index contributed by atoms with van der Waals surface area (Å²) >= 11 is 0. The Hall–Kier alpha value is -1.91. The van der Waals surface area contributed by atoms with Crippen molar-refractivity contribution in [1.29, 1.82) is 10.5 Å². The molecule has 0 aromatic carbocycles. The third-order valence-corrected chi connectivity index (χ3v) is 13.1. The van der Waals surface area contributed by atoms with Gasteiger partial charge < -0.3 is 0 Å². The number of Topliss-reactive ketones (excluding diaryl/α,β-unsaturated/α-hetero) is 1. The summed E-state index contributed by atoms with van der Waals surface area (Å²) in [6.07, 6.45) is 11.0. The van der Waals surface area contributed by atoms with Gasteiger partial charge in [-0.2, -0.15) is 10.5 Å². The van der Waals surface area contributed by atoms with E-state index in [9.17, 15) is 15.3 Å². The Morgan fingerprint density at radius 2 is 1.65 bits per heavy atom. The highest BCUT2D eigenvalue weighted by Crippen LogP contribution is 2.76. The van der Waals surface area contributed by atoms with Crippen LogP contribution in [0.1, 0.15) is 99.8 Å². The molecule has 4 fully saturated rings. The Balaban J connectivity index is 1.62. The molecule has 0 radical (unpaired) electrons. The minimum absolute atomic E-state index is 0.0234. The highest BCUT2D eigenvalue weighted by Gasteiger charge is 2.70. The lowest BCUT2D eigenvalue weighted by Crippen LogP contribution is -2.70. The van der Waals surface area contributed by atoms with Crippen molar-refractivity contribution in [3.8, 4) is 12.1 Å². The lowest BCUT2D eigenvalue weighted by atomic mass is 9.32. The lowest BCUT2D eigenvalue weighted by molar-refractivity contribution is -0.202. The number of rotatable bonds is 2. The fourth-order valence-electron chi connectivity index (χ4n) is 11.0. The molecule has 37 heavy (non-hydrogen) atoms. The van der Waals surface area contributed by atoms with Crippen molar-refractivity contribution in [3.63, 3.8) is 0 Å². The van der Waals surface area contributed by atoms with E-state index < -0.39 is 5.41 Å². The molecule has 1 N–H and O–H groups in total. The van der Waals surface area contributed by atoms with Crippen molar-refractivity contribution < 1.29 is 4.79 Å². The first-order valence-electron chi connectivity index (χ1n) is 14.6. The fourth-order valence-corrected chi connectivity index (χ4v) is 11.0. The molecule has 0 saturated heterocycles. The predicted octanol–water partition coefficient (Wildman–Crippen LogP) is 7.14. The van der Waals surface area contributed by atoms with Crippen LogP contribution in [-0.4, -0.2) is 17.9 Å². The number of carbonyl (C=O) groups is 1. The second kappa shape index (κ2) is 8.05. The van der Waals surface area contributed by atoms with Crippen LogP contribution in [0.5, 0.6) is 0 Å². The van der Waals surface area contributed by atoms with Gasteiger partial charge in [-0.25, -0.2) is 0 Å². The van der Waals surface area contributed by atoms with Gasteiger partial charge in [0.1, 0.15) is 6.07 Å². The van der Waals surface area contributed by atoms with E-state index in [2.05, 4.69) is 72.0 Å². The second-order valence-electron chi connectivity index (χ2n) is 15.5. The third kappa shape index (κ3) is 3.37. The summed E-state index contributed by atoms with van der Waals surface area (Å²) in [6.45, 7) is 21.7. The van der Waals surface area contributed by atoms with Crippen LogP contribution in [0.4, 0.5) is 0 Å². The van der Waals surface area contributed by atoms with E-state index in [1.165, 1.54) is 18.4 Å². The maximum Gasteiger partial charge on any atom is 0.178 e. The Bertz CT molecular complexity index is 1150. The van der Waals surface area contributed by atoms with Crippen LogP contribution in [0.3, 0.4) is 0 Å². The molecule has 4 nitrogen and oxygen atoms in total. The number of nitrogens with zero attached hydrogens (tertiary/aromatic N) is 2. The van der Waals surface area contributed by atoms with Crippen LogP contribution in [0, 0.1) is 73.4 Å². The number of carbonyl (C=O) groups excluding carboxylic acids is 1. The highest BCUT2D eigenvalue weighted by molar-refractivity contribution is 6.04. The van der Waals surface area contributed by atoms with Crippen molar-refractivity contribution >= 4 is 5.78 Å². The quantitative estimate of drug-likeness (QED) is 0.322. The summed E-state index contributed by atoms with van der Waals surface area (Å²) in [4.78, 5) is 13.3. The van der Waals surface area contributed by atoms with Crippen LogP contribution in [-0.2, 0) is 4.79 Å². The molecule has 5 aliphatic rings. The third-order valence-electron chi connectivity index (χ3n) is 13.1. The summed E-state index contributed by atoms with van der Waals surface area (Å²) in [7, 11) is 0. The van der Waals surface area contributed by atoms with Gasteiger partial charge in [-0.1, -0.05) is 66.7 Å². The maximum atomic E-state index is 13.3. The summed E-state index contributed by atoms with van der Waals surface area (Å²) < 4.78 is 0. The van der Waals surface area contributed by atoms with Crippen molar-refractivity contribution in [3.05, 3.63) is 23.8 Å². The number of allylic oxidation sites excluding steroid dienone is 3. The van der Waals surface area contributed by atoms with Gasteiger partial charge in [-0.15, -0.1) is 0 Å². The topological polar surface area (TPSA) is 76.7 Å². The van der Waals surface area contributed by atoms with Crippen LogP contribution in [0.15, 0.2) is 23.8 Å². The Morgan fingerprint density at radius 1 is 0.973 bits per heavy atom. The molecule has 5 aliphatic carbocycles. The fraction of sp³-hybridized carbons (Fsp3) is 0.788. The van der Waals surface area contributed by atoms with E-state index in [0.29, 0.717) is 35.3 Å². The summed E-state index contributed by atoms with van der Waals surface area (Å²) in [6, 6.07) is 4.65. The van der Waals surface area contributed by atoms with Gasteiger partial charge in [0.2, 0.25) is 0 Å². The second-order valence-corrected chi connectivity index (χ2v) is 15.5. The van der Waals surface area contributed by atoms with Gasteiger partial charge in [0, 0.05) is 11.0 Å². The average Bonchev–Trinajstić information content (AvgIpc) is 2.82. The zero-order valence-electron chi connectivity index (χ0n) is 24.3. The zero-order valence-corrected chi connectivity index (χ0v) is 24.3. The Labute approximate surface area is 225 Å².